The zero-order chi connectivity index (χ0) is 11.4. The minimum atomic E-state index is 0.224. The predicted molar refractivity (Wildman–Crippen MR) is 66.4 cm³/mol. The van der Waals surface area contributed by atoms with Crippen molar-refractivity contribution in [3.05, 3.63) is 35.4 Å². The predicted octanol–water partition coefficient (Wildman–Crippen LogP) is 2.42. The second-order valence-electron chi connectivity index (χ2n) is 4.64. The van der Waals surface area contributed by atoms with Crippen molar-refractivity contribution in [1.29, 1.82) is 0 Å². The summed E-state index contributed by atoms with van der Waals surface area (Å²) in [4.78, 5) is 0. The Kier molecular flexibility index (Phi) is 3.97. The minimum absolute atomic E-state index is 0.224. The Morgan fingerprint density at radius 3 is 2.75 bits per heavy atom. The van der Waals surface area contributed by atoms with E-state index in [1.54, 1.807) is 0 Å². The Hall–Kier alpha value is -0.860. The molecule has 0 amide bonds. The van der Waals surface area contributed by atoms with Crippen LogP contribution in [0.2, 0.25) is 0 Å². The highest BCUT2D eigenvalue weighted by Gasteiger charge is 2.25. The normalized spacial score (nSPS) is 17.4. The molecule has 2 rings (SSSR count). The van der Waals surface area contributed by atoms with Crippen LogP contribution in [0.1, 0.15) is 43.2 Å². The van der Waals surface area contributed by atoms with Crippen LogP contribution >= 0.6 is 0 Å². The van der Waals surface area contributed by atoms with Crippen LogP contribution in [0.25, 0.3) is 0 Å². The van der Waals surface area contributed by atoms with Crippen molar-refractivity contribution in [3.8, 4) is 0 Å². The first-order valence-corrected chi connectivity index (χ1v) is 6.27. The smallest absolute Gasteiger partial charge is 0.0584 e. The van der Waals surface area contributed by atoms with E-state index in [1.165, 1.54) is 24.0 Å². The molecule has 1 aromatic rings. The Labute approximate surface area is 97.7 Å². The van der Waals surface area contributed by atoms with E-state index in [0.29, 0.717) is 0 Å². The van der Waals surface area contributed by atoms with Crippen molar-refractivity contribution < 1.29 is 5.11 Å². The van der Waals surface area contributed by atoms with Gasteiger partial charge in [-0.05, 0) is 36.3 Å². The summed E-state index contributed by atoms with van der Waals surface area (Å²) in [6.45, 7) is 3.20. The van der Waals surface area contributed by atoms with Gasteiger partial charge in [0.2, 0.25) is 0 Å². The van der Waals surface area contributed by atoms with Crippen molar-refractivity contribution in [2.75, 3.05) is 6.61 Å². The SMILES string of the molecule is CCC(CO)NCc1ccccc1C1CC1. The molecule has 1 fully saturated rings. The summed E-state index contributed by atoms with van der Waals surface area (Å²) in [6, 6.07) is 8.90. The summed E-state index contributed by atoms with van der Waals surface area (Å²) in [5, 5.41) is 12.5. The van der Waals surface area contributed by atoms with Crippen molar-refractivity contribution in [2.45, 2.75) is 44.7 Å². The van der Waals surface area contributed by atoms with E-state index in [1.807, 2.05) is 0 Å². The molecule has 0 aromatic heterocycles. The summed E-state index contributed by atoms with van der Waals surface area (Å²) >= 11 is 0. The first-order chi connectivity index (χ1) is 7.85. The zero-order valence-corrected chi connectivity index (χ0v) is 9.95. The van der Waals surface area contributed by atoms with Gasteiger partial charge in [-0.25, -0.2) is 0 Å². The topological polar surface area (TPSA) is 32.3 Å². The van der Waals surface area contributed by atoms with Crippen LogP contribution in [0.3, 0.4) is 0 Å². The summed E-state index contributed by atoms with van der Waals surface area (Å²) < 4.78 is 0. The Morgan fingerprint density at radius 1 is 1.38 bits per heavy atom. The maximum atomic E-state index is 9.13. The van der Waals surface area contributed by atoms with Gasteiger partial charge in [-0.2, -0.15) is 0 Å². The number of rotatable bonds is 6. The third-order valence-corrected chi connectivity index (χ3v) is 3.37. The van der Waals surface area contributed by atoms with Gasteiger partial charge in [-0.3, -0.25) is 0 Å². The first kappa shape index (κ1) is 11.6. The lowest BCUT2D eigenvalue weighted by atomic mass is 10.0. The highest BCUT2D eigenvalue weighted by molar-refractivity contribution is 5.33. The van der Waals surface area contributed by atoms with E-state index in [9.17, 15) is 0 Å². The summed E-state index contributed by atoms with van der Waals surface area (Å²) in [5.41, 5.74) is 2.90. The van der Waals surface area contributed by atoms with Crippen LogP contribution in [0.5, 0.6) is 0 Å². The van der Waals surface area contributed by atoms with Crippen LogP contribution < -0.4 is 5.32 Å². The fourth-order valence-corrected chi connectivity index (χ4v) is 2.08. The number of benzene rings is 1. The average Bonchev–Trinajstić information content (AvgIpc) is 3.15. The Morgan fingerprint density at radius 2 is 2.12 bits per heavy atom. The molecule has 1 saturated carbocycles. The lowest BCUT2D eigenvalue weighted by Crippen LogP contribution is -2.31. The van der Waals surface area contributed by atoms with Crippen molar-refractivity contribution in [3.63, 3.8) is 0 Å². The first-order valence-electron chi connectivity index (χ1n) is 6.27. The van der Waals surface area contributed by atoms with E-state index in [-0.39, 0.29) is 12.6 Å². The van der Waals surface area contributed by atoms with E-state index in [4.69, 9.17) is 5.11 Å². The van der Waals surface area contributed by atoms with Crippen LogP contribution in [0, 0.1) is 0 Å². The van der Waals surface area contributed by atoms with Gasteiger partial charge in [0.05, 0.1) is 6.61 Å². The van der Waals surface area contributed by atoms with Crippen LogP contribution in [-0.4, -0.2) is 17.8 Å². The van der Waals surface area contributed by atoms with Gasteiger partial charge in [0, 0.05) is 12.6 Å². The van der Waals surface area contributed by atoms with Crippen LogP contribution in [0.15, 0.2) is 24.3 Å². The summed E-state index contributed by atoms with van der Waals surface area (Å²) in [5.74, 6) is 0.798. The van der Waals surface area contributed by atoms with E-state index in [0.717, 1.165) is 18.9 Å². The maximum absolute atomic E-state index is 9.13. The molecule has 1 aromatic carbocycles. The second-order valence-corrected chi connectivity index (χ2v) is 4.64. The van der Waals surface area contributed by atoms with Gasteiger partial charge < -0.3 is 10.4 Å². The molecule has 16 heavy (non-hydrogen) atoms. The van der Waals surface area contributed by atoms with Gasteiger partial charge in [0.15, 0.2) is 0 Å². The molecule has 1 atom stereocenters. The van der Waals surface area contributed by atoms with E-state index in [2.05, 4.69) is 36.5 Å². The monoisotopic (exact) mass is 219 g/mol. The number of aliphatic hydroxyl groups is 1. The number of hydrogen-bond acceptors (Lipinski definition) is 2. The molecular weight excluding hydrogens is 198 g/mol. The molecule has 2 N–H and O–H groups in total. The third kappa shape index (κ3) is 2.83. The average molecular weight is 219 g/mol. The second kappa shape index (κ2) is 5.46. The van der Waals surface area contributed by atoms with E-state index >= 15 is 0 Å². The van der Waals surface area contributed by atoms with Gasteiger partial charge >= 0.3 is 0 Å². The number of nitrogens with one attached hydrogen (secondary N) is 1. The molecule has 0 saturated heterocycles. The molecule has 2 heteroatoms. The molecule has 88 valence electrons. The molecular formula is C14H21NO. The van der Waals surface area contributed by atoms with Gasteiger partial charge in [0.1, 0.15) is 0 Å². The van der Waals surface area contributed by atoms with Crippen LogP contribution in [0.4, 0.5) is 0 Å². The largest absolute Gasteiger partial charge is 0.395 e. The third-order valence-electron chi connectivity index (χ3n) is 3.37. The number of hydrogen-bond donors (Lipinski definition) is 2. The van der Waals surface area contributed by atoms with Gasteiger partial charge in [0.25, 0.3) is 0 Å². The van der Waals surface area contributed by atoms with Crippen molar-refractivity contribution in [1.82, 2.24) is 5.32 Å². The highest BCUT2D eigenvalue weighted by atomic mass is 16.3. The van der Waals surface area contributed by atoms with Gasteiger partial charge in [-0.15, -0.1) is 0 Å². The molecule has 0 bridgehead atoms. The molecule has 1 aliphatic carbocycles. The molecule has 0 radical (unpaired) electrons. The summed E-state index contributed by atoms with van der Waals surface area (Å²) in [7, 11) is 0. The van der Waals surface area contributed by atoms with Crippen LogP contribution in [-0.2, 0) is 6.54 Å². The minimum Gasteiger partial charge on any atom is -0.395 e. The zero-order valence-electron chi connectivity index (χ0n) is 9.95. The Bertz CT molecular complexity index is 329. The Balaban J connectivity index is 1.97. The fraction of sp³-hybridized carbons (Fsp3) is 0.571. The maximum Gasteiger partial charge on any atom is 0.0584 e. The van der Waals surface area contributed by atoms with Crippen molar-refractivity contribution in [2.24, 2.45) is 0 Å². The fourth-order valence-electron chi connectivity index (χ4n) is 2.08. The molecule has 0 heterocycles. The molecule has 2 nitrogen and oxygen atoms in total. The van der Waals surface area contributed by atoms with E-state index < -0.39 is 0 Å². The summed E-state index contributed by atoms with van der Waals surface area (Å²) in [6.07, 6.45) is 3.66. The molecule has 1 aliphatic rings. The standard InChI is InChI=1S/C14H21NO/c1-2-13(10-16)15-9-12-5-3-4-6-14(12)11-7-8-11/h3-6,11,13,15-16H,2,7-10H2,1H3. The van der Waals surface area contributed by atoms with Crippen molar-refractivity contribution >= 4 is 0 Å². The molecule has 1 unspecified atom stereocenters. The number of aliphatic hydroxyl groups excluding tert-OH is 1. The lowest BCUT2D eigenvalue weighted by Gasteiger charge is -2.15. The van der Waals surface area contributed by atoms with Gasteiger partial charge in [-0.1, -0.05) is 31.2 Å². The lowest BCUT2D eigenvalue weighted by molar-refractivity contribution is 0.238. The highest BCUT2D eigenvalue weighted by Crippen LogP contribution is 2.41. The quantitative estimate of drug-likeness (QED) is 0.770. The molecule has 0 aliphatic heterocycles. The molecule has 0 spiro atoms.